The first-order valence-electron chi connectivity index (χ1n) is 5.82. The number of nitrogens with zero attached hydrogens (tertiary/aromatic N) is 1. The van der Waals surface area contributed by atoms with E-state index in [4.69, 9.17) is 0 Å². The molecule has 0 saturated carbocycles. The quantitative estimate of drug-likeness (QED) is 0.605. The summed E-state index contributed by atoms with van der Waals surface area (Å²) in [5.41, 5.74) is 2.04. The highest BCUT2D eigenvalue weighted by Crippen LogP contribution is 2.22. The van der Waals surface area contributed by atoms with Crippen molar-refractivity contribution in [2.45, 2.75) is 24.1 Å². The van der Waals surface area contributed by atoms with Crippen LogP contribution < -0.4 is 0 Å². The van der Waals surface area contributed by atoms with Crippen molar-refractivity contribution in [1.29, 1.82) is 0 Å². The third-order valence-electron chi connectivity index (χ3n) is 2.64. The smallest absolute Gasteiger partial charge is 0.173 e. The summed E-state index contributed by atoms with van der Waals surface area (Å²) in [5.74, 6) is 1.11. The molecule has 2 nitrogen and oxygen atoms in total. The molecule has 1 aromatic heterocycles. The monoisotopic (exact) mass is 277 g/mol. The Morgan fingerprint density at radius 2 is 2.06 bits per heavy atom. The van der Waals surface area contributed by atoms with Gasteiger partial charge in [0.2, 0.25) is 0 Å². The van der Waals surface area contributed by atoms with E-state index in [2.05, 4.69) is 18.8 Å². The molecule has 4 heteroatoms. The zero-order valence-corrected chi connectivity index (χ0v) is 12.1. The minimum absolute atomic E-state index is 0.158. The molecule has 94 valence electrons. The van der Waals surface area contributed by atoms with Crippen molar-refractivity contribution in [2.75, 3.05) is 5.75 Å². The highest BCUT2D eigenvalue weighted by Gasteiger charge is 2.08. The molecule has 2 rings (SSSR count). The van der Waals surface area contributed by atoms with E-state index in [0.717, 1.165) is 9.90 Å². The number of hydrogen-bond donors (Lipinski definition) is 0. The van der Waals surface area contributed by atoms with Crippen LogP contribution in [0.1, 0.15) is 35.7 Å². The predicted molar refractivity (Wildman–Crippen MR) is 77.7 cm³/mol. The van der Waals surface area contributed by atoms with E-state index in [9.17, 15) is 4.79 Å². The Morgan fingerprint density at radius 1 is 1.33 bits per heavy atom. The van der Waals surface area contributed by atoms with Crippen LogP contribution >= 0.6 is 23.1 Å². The molecule has 0 bridgehead atoms. The lowest BCUT2D eigenvalue weighted by molar-refractivity contribution is 0.102. The Morgan fingerprint density at radius 3 is 2.61 bits per heavy atom. The summed E-state index contributed by atoms with van der Waals surface area (Å²) in [6.07, 6.45) is 1.76. The van der Waals surface area contributed by atoms with Gasteiger partial charge in [-0.1, -0.05) is 49.9 Å². The summed E-state index contributed by atoms with van der Waals surface area (Å²) in [5, 5.41) is 1.92. The lowest BCUT2D eigenvalue weighted by atomic mass is 10.0. The Bertz CT molecular complexity index is 503. The standard InChI is InChI=1S/C14H15NOS2/c1-10(2)11-3-5-12(6-4-11)13(16)9-18-14-15-7-8-17-14/h3-8,10H,9H2,1-2H3. The fraction of sp³-hybridized carbons (Fsp3) is 0.286. The van der Waals surface area contributed by atoms with Gasteiger partial charge in [0, 0.05) is 17.1 Å². The molecule has 0 aliphatic heterocycles. The molecule has 0 spiro atoms. The third-order valence-corrected chi connectivity index (χ3v) is 4.60. The Labute approximate surface area is 115 Å². The number of benzene rings is 1. The minimum atomic E-state index is 0.158. The normalized spacial score (nSPS) is 10.8. The second kappa shape index (κ2) is 6.16. The number of rotatable bonds is 5. The molecule has 0 N–H and O–H groups in total. The van der Waals surface area contributed by atoms with Gasteiger partial charge < -0.3 is 0 Å². The maximum atomic E-state index is 12.0. The lowest BCUT2D eigenvalue weighted by Gasteiger charge is -2.06. The maximum Gasteiger partial charge on any atom is 0.173 e. The second-order valence-electron chi connectivity index (χ2n) is 4.29. The molecule has 0 radical (unpaired) electrons. The molecule has 0 fully saturated rings. The van der Waals surface area contributed by atoms with Gasteiger partial charge in [0.1, 0.15) is 4.34 Å². The molecule has 0 saturated heterocycles. The number of aromatic nitrogens is 1. The predicted octanol–water partition coefficient (Wildman–Crippen LogP) is 4.24. The van der Waals surface area contributed by atoms with Crippen LogP contribution in [0.2, 0.25) is 0 Å². The van der Waals surface area contributed by atoms with Crippen LogP contribution in [0.5, 0.6) is 0 Å². The summed E-state index contributed by atoms with van der Waals surface area (Å²) in [6, 6.07) is 7.90. The minimum Gasteiger partial charge on any atom is -0.293 e. The molecule has 0 unspecified atom stereocenters. The Hall–Kier alpha value is -1.13. The summed E-state index contributed by atoms with van der Waals surface area (Å²) >= 11 is 3.06. The fourth-order valence-electron chi connectivity index (χ4n) is 1.55. The Balaban J connectivity index is 1.96. The highest BCUT2D eigenvalue weighted by atomic mass is 32.2. The van der Waals surface area contributed by atoms with Crippen LogP contribution in [-0.2, 0) is 0 Å². The average molecular weight is 277 g/mol. The molecular formula is C14H15NOS2. The van der Waals surface area contributed by atoms with Gasteiger partial charge in [-0.2, -0.15) is 0 Å². The second-order valence-corrected chi connectivity index (χ2v) is 6.40. The van der Waals surface area contributed by atoms with Crippen LogP contribution in [0, 0.1) is 0 Å². The molecule has 2 aromatic rings. The molecule has 0 amide bonds. The zero-order chi connectivity index (χ0) is 13.0. The van der Waals surface area contributed by atoms with Crippen molar-refractivity contribution in [3.8, 4) is 0 Å². The van der Waals surface area contributed by atoms with Crippen molar-refractivity contribution >= 4 is 28.9 Å². The number of thioether (sulfide) groups is 1. The van der Waals surface area contributed by atoms with Crippen LogP contribution in [-0.4, -0.2) is 16.5 Å². The van der Waals surface area contributed by atoms with Crippen LogP contribution in [0.3, 0.4) is 0 Å². The zero-order valence-electron chi connectivity index (χ0n) is 10.4. The van der Waals surface area contributed by atoms with Gasteiger partial charge in [-0.05, 0) is 11.5 Å². The first kappa shape index (κ1) is 13.3. The van der Waals surface area contributed by atoms with Gasteiger partial charge in [-0.25, -0.2) is 4.98 Å². The SMILES string of the molecule is CC(C)c1ccc(C(=O)CSc2nccs2)cc1. The molecule has 0 aliphatic carbocycles. The van der Waals surface area contributed by atoms with E-state index >= 15 is 0 Å². The van der Waals surface area contributed by atoms with Gasteiger partial charge in [-0.15, -0.1) is 11.3 Å². The van der Waals surface area contributed by atoms with E-state index in [1.807, 2.05) is 29.6 Å². The van der Waals surface area contributed by atoms with E-state index in [1.165, 1.54) is 17.3 Å². The van der Waals surface area contributed by atoms with Gasteiger partial charge in [-0.3, -0.25) is 4.79 Å². The number of carbonyl (C=O) groups is 1. The summed E-state index contributed by atoms with van der Waals surface area (Å²) in [6.45, 7) is 4.30. The summed E-state index contributed by atoms with van der Waals surface area (Å²) in [4.78, 5) is 16.1. The van der Waals surface area contributed by atoms with Crippen molar-refractivity contribution in [3.63, 3.8) is 0 Å². The van der Waals surface area contributed by atoms with E-state index in [0.29, 0.717) is 11.7 Å². The van der Waals surface area contributed by atoms with Crippen molar-refractivity contribution < 1.29 is 4.79 Å². The fourth-order valence-corrected chi connectivity index (χ4v) is 3.08. The lowest BCUT2D eigenvalue weighted by Crippen LogP contribution is -2.02. The topological polar surface area (TPSA) is 30.0 Å². The van der Waals surface area contributed by atoms with Gasteiger partial charge in [0.15, 0.2) is 5.78 Å². The largest absolute Gasteiger partial charge is 0.293 e. The maximum absolute atomic E-state index is 12.0. The molecule has 1 heterocycles. The third kappa shape index (κ3) is 3.43. The number of ketones is 1. The van der Waals surface area contributed by atoms with Gasteiger partial charge in [0.05, 0.1) is 5.75 Å². The number of carbonyl (C=O) groups excluding carboxylic acids is 1. The first-order valence-corrected chi connectivity index (χ1v) is 7.69. The van der Waals surface area contributed by atoms with Gasteiger partial charge >= 0.3 is 0 Å². The molecule has 18 heavy (non-hydrogen) atoms. The van der Waals surface area contributed by atoms with Crippen molar-refractivity contribution in [1.82, 2.24) is 4.98 Å². The highest BCUT2D eigenvalue weighted by molar-refractivity contribution is 8.01. The molecule has 1 aromatic carbocycles. The number of Topliss-reactive ketones (excluding diaryl/α,β-unsaturated/α-hetero) is 1. The average Bonchev–Trinajstić information content (AvgIpc) is 2.89. The van der Waals surface area contributed by atoms with E-state index in [1.54, 1.807) is 17.5 Å². The molecule has 0 atom stereocenters. The van der Waals surface area contributed by atoms with Crippen molar-refractivity contribution in [3.05, 3.63) is 47.0 Å². The van der Waals surface area contributed by atoms with Crippen LogP contribution in [0.25, 0.3) is 0 Å². The summed E-state index contributed by atoms with van der Waals surface area (Å²) in [7, 11) is 0. The Kier molecular flexibility index (Phi) is 4.55. The molecular weight excluding hydrogens is 262 g/mol. The van der Waals surface area contributed by atoms with Crippen LogP contribution in [0.4, 0.5) is 0 Å². The van der Waals surface area contributed by atoms with Crippen molar-refractivity contribution in [2.24, 2.45) is 0 Å². The first-order chi connectivity index (χ1) is 8.66. The van der Waals surface area contributed by atoms with E-state index < -0.39 is 0 Å². The van der Waals surface area contributed by atoms with E-state index in [-0.39, 0.29) is 5.78 Å². The van der Waals surface area contributed by atoms with Crippen LogP contribution in [0.15, 0.2) is 40.2 Å². The number of hydrogen-bond acceptors (Lipinski definition) is 4. The summed E-state index contributed by atoms with van der Waals surface area (Å²) < 4.78 is 0.946. The molecule has 0 aliphatic rings. The van der Waals surface area contributed by atoms with Gasteiger partial charge in [0.25, 0.3) is 0 Å². The number of thiazole rings is 1.